The van der Waals surface area contributed by atoms with Gasteiger partial charge in [-0.05, 0) is 47.4 Å². The SMILES string of the molecule is CC.CC(C)C1CC(=O)N(Cc2cc(F)cc(C(=O)NCc3cccc(F)c3)c2)C(N)=N1. The van der Waals surface area contributed by atoms with Gasteiger partial charge < -0.3 is 11.1 Å². The highest BCUT2D eigenvalue weighted by Crippen LogP contribution is 2.20. The van der Waals surface area contributed by atoms with Crippen molar-refractivity contribution >= 4 is 17.8 Å². The van der Waals surface area contributed by atoms with Gasteiger partial charge in [0.2, 0.25) is 5.91 Å². The first-order valence-electron chi connectivity index (χ1n) is 10.7. The van der Waals surface area contributed by atoms with Crippen molar-refractivity contribution in [1.82, 2.24) is 10.2 Å². The first kappa shape index (κ1) is 25.0. The number of hydrogen-bond donors (Lipinski definition) is 2. The van der Waals surface area contributed by atoms with Gasteiger partial charge in [-0.2, -0.15) is 0 Å². The van der Waals surface area contributed by atoms with Crippen molar-refractivity contribution in [3.05, 3.63) is 70.8 Å². The molecular weight excluding hydrogens is 414 g/mol. The summed E-state index contributed by atoms with van der Waals surface area (Å²) in [5.41, 5.74) is 7.06. The van der Waals surface area contributed by atoms with E-state index in [-0.39, 0.29) is 48.9 Å². The first-order chi connectivity index (χ1) is 15.2. The standard InChI is InChI=1S/C22H24F2N4O2.C2H6/c1-13(2)19-10-20(29)28(22(25)27-19)12-15-6-16(9-18(24)8-15)21(30)26-11-14-4-3-5-17(23)7-14;1-2/h3-9,13,19H,10-12H2,1-2H3,(H2,25,27)(H,26,30);1-2H3. The molecule has 2 aromatic carbocycles. The number of nitrogens with one attached hydrogen (secondary N) is 1. The quantitative estimate of drug-likeness (QED) is 0.706. The van der Waals surface area contributed by atoms with Crippen LogP contribution >= 0.6 is 0 Å². The minimum atomic E-state index is -0.608. The van der Waals surface area contributed by atoms with E-state index in [1.54, 1.807) is 12.1 Å². The third kappa shape index (κ3) is 6.60. The highest BCUT2D eigenvalue weighted by atomic mass is 19.1. The molecule has 0 aromatic heterocycles. The zero-order valence-corrected chi connectivity index (χ0v) is 18.9. The Morgan fingerprint density at radius 1 is 1.16 bits per heavy atom. The Labute approximate surface area is 187 Å². The van der Waals surface area contributed by atoms with Crippen LogP contribution in [0.4, 0.5) is 8.78 Å². The van der Waals surface area contributed by atoms with Gasteiger partial charge in [0.25, 0.3) is 5.91 Å². The van der Waals surface area contributed by atoms with E-state index >= 15 is 0 Å². The molecule has 2 aromatic rings. The Bertz CT molecular complexity index is 992. The van der Waals surface area contributed by atoms with Gasteiger partial charge in [-0.3, -0.25) is 14.5 Å². The lowest BCUT2D eigenvalue weighted by molar-refractivity contribution is -0.129. The number of halogens is 2. The summed E-state index contributed by atoms with van der Waals surface area (Å²) in [6.07, 6.45) is 0.231. The summed E-state index contributed by atoms with van der Waals surface area (Å²) in [6.45, 7) is 8.04. The largest absolute Gasteiger partial charge is 0.369 e. The van der Waals surface area contributed by atoms with Crippen molar-refractivity contribution in [3.8, 4) is 0 Å². The van der Waals surface area contributed by atoms with E-state index in [0.29, 0.717) is 11.1 Å². The van der Waals surface area contributed by atoms with E-state index in [4.69, 9.17) is 5.73 Å². The molecule has 3 rings (SSSR count). The fraction of sp³-hybridized carbons (Fsp3) is 0.375. The Kier molecular flexibility index (Phi) is 8.87. The van der Waals surface area contributed by atoms with Crippen molar-refractivity contribution in [2.24, 2.45) is 16.6 Å². The minimum absolute atomic E-state index is 0.0148. The number of guanidine groups is 1. The number of carbonyl (C=O) groups is 2. The molecule has 0 aliphatic carbocycles. The number of nitrogens with zero attached hydrogens (tertiary/aromatic N) is 2. The highest BCUT2D eigenvalue weighted by Gasteiger charge is 2.29. The van der Waals surface area contributed by atoms with Crippen LogP contribution in [0.2, 0.25) is 0 Å². The average molecular weight is 445 g/mol. The number of carbonyl (C=O) groups excluding carboxylic acids is 2. The molecule has 1 heterocycles. The van der Waals surface area contributed by atoms with Gasteiger partial charge in [-0.1, -0.05) is 39.8 Å². The topological polar surface area (TPSA) is 87.8 Å². The molecule has 0 fully saturated rings. The maximum Gasteiger partial charge on any atom is 0.251 e. The van der Waals surface area contributed by atoms with Gasteiger partial charge in [-0.25, -0.2) is 13.8 Å². The van der Waals surface area contributed by atoms with E-state index in [1.165, 1.54) is 29.2 Å². The summed E-state index contributed by atoms with van der Waals surface area (Å²) in [7, 11) is 0. The molecule has 0 saturated carbocycles. The molecule has 0 saturated heterocycles. The Morgan fingerprint density at radius 2 is 1.84 bits per heavy atom. The van der Waals surface area contributed by atoms with Gasteiger partial charge in [-0.15, -0.1) is 0 Å². The number of aliphatic imine (C=N–C) groups is 1. The summed E-state index contributed by atoms with van der Waals surface area (Å²) in [5.74, 6) is -1.44. The Morgan fingerprint density at radius 3 is 2.47 bits per heavy atom. The first-order valence-corrected chi connectivity index (χ1v) is 10.7. The molecular formula is C24H30F2N4O2. The molecule has 6 nitrogen and oxygen atoms in total. The fourth-order valence-corrected chi connectivity index (χ4v) is 3.24. The molecule has 32 heavy (non-hydrogen) atoms. The number of nitrogens with two attached hydrogens (primary N) is 1. The second-order valence-corrected chi connectivity index (χ2v) is 7.64. The van der Waals surface area contributed by atoms with E-state index in [2.05, 4.69) is 10.3 Å². The lowest BCUT2D eigenvalue weighted by Crippen LogP contribution is -2.47. The second-order valence-electron chi connectivity index (χ2n) is 7.64. The maximum atomic E-state index is 14.1. The van der Waals surface area contributed by atoms with E-state index in [0.717, 1.165) is 6.07 Å². The molecule has 3 N–H and O–H groups in total. The normalized spacial score (nSPS) is 15.7. The summed E-state index contributed by atoms with van der Waals surface area (Å²) in [4.78, 5) is 30.6. The van der Waals surface area contributed by atoms with Crippen molar-refractivity contribution < 1.29 is 18.4 Å². The molecule has 8 heteroatoms. The van der Waals surface area contributed by atoms with Crippen molar-refractivity contribution in [1.29, 1.82) is 0 Å². The minimum Gasteiger partial charge on any atom is -0.369 e. The molecule has 1 atom stereocenters. The van der Waals surface area contributed by atoms with Crippen LogP contribution in [0.1, 0.15) is 55.6 Å². The van der Waals surface area contributed by atoms with E-state index in [9.17, 15) is 18.4 Å². The molecule has 0 radical (unpaired) electrons. The van der Waals surface area contributed by atoms with Crippen LogP contribution in [0.25, 0.3) is 0 Å². The smallest absolute Gasteiger partial charge is 0.251 e. The predicted molar refractivity (Wildman–Crippen MR) is 121 cm³/mol. The predicted octanol–water partition coefficient (Wildman–Crippen LogP) is 3.99. The zero-order valence-electron chi connectivity index (χ0n) is 18.9. The van der Waals surface area contributed by atoms with Crippen LogP contribution in [0, 0.1) is 17.6 Å². The number of rotatable bonds is 6. The third-order valence-corrected chi connectivity index (χ3v) is 4.93. The van der Waals surface area contributed by atoms with Crippen molar-refractivity contribution in [2.45, 2.75) is 53.2 Å². The molecule has 172 valence electrons. The van der Waals surface area contributed by atoms with Crippen molar-refractivity contribution in [2.75, 3.05) is 0 Å². The second kappa shape index (κ2) is 11.4. The van der Waals surface area contributed by atoms with Crippen molar-refractivity contribution in [3.63, 3.8) is 0 Å². The molecule has 2 amide bonds. The van der Waals surface area contributed by atoms with Gasteiger partial charge >= 0.3 is 0 Å². The molecule has 1 aliphatic heterocycles. The zero-order chi connectivity index (χ0) is 23.8. The third-order valence-electron chi connectivity index (χ3n) is 4.93. The summed E-state index contributed by atoms with van der Waals surface area (Å²) in [6, 6.07) is 9.52. The van der Waals surface area contributed by atoms with Gasteiger partial charge in [0.15, 0.2) is 5.96 Å². The van der Waals surface area contributed by atoms with Crippen LogP contribution in [0.15, 0.2) is 47.5 Å². The van der Waals surface area contributed by atoms with Gasteiger partial charge in [0, 0.05) is 12.1 Å². The number of amides is 2. The van der Waals surface area contributed by atoms with Gasteiger partial charge in [0.1, 0.15) is 11.6 Å². The van der Waals surface area contributed by atoms with Crippen LogP contribution in [0.5, 0.6) is 0 Å². The molecule has 1 unspecified atom stereocenters. The average Bonchev–Trinajstić information content (AvgIpc) is 2.75. The number of benzene rings is 2. The summed E-state index contributed by atoms with van der Waals surface area (Å²) >= 11 is 0. The van der Waals surface area contributed by atoms with Crippen LogP contribution in [-0.4, -0.2) is 28.7 Å². The highest BCUT2D eigenvalue weighted by molar-refractivity contribution is 5.98. The monoisotopic (exact) mass is 444 g/mol. The van der Waals surface area contributed by atoms with Gasteiger partial charge in [0.05, 0.1) is 19.0 Å². The molecule has 0 bridgehead atoms. The summed E-state index contributed by atoms with van der Waals surface area (Å²) < 4.78 is 27.4. The lowest BCUT2D eigenvalue weighted by atomic mass is 9.99. The van der Waals surface area contributed by atoms with Crippen LogP contribution < -0.4 is 11.1 Å². The number of hydrogen-bond acceptors (Lipinski definition) is 4. The molecule has 0 spiro atoms. The van der Waals surface area contributed by atoms with E-state index in [1.807, 2.05) is 27.7 Å². The maximum absolute atomic E-state index is 14.1. The van der Waals surface area contributed by atoms with Crippen LogP contribution in [-0.2, 0) is 17.9 Å². The molecule has 1 aliphatic rings. The van der Waals surface area contributed by atoms with Crippen LogP contribution in [0.3, 0.4) is 0 Å². The fourth-order valence-electron chi connectivity index (χ4n) is 3.24. The van der Waals surface area contributed by atoms with E-state index < -0.39 is 17.5 Å². The lowest BCUT2D eigenvalue weighted by Gasteiger charge is -2.30. The Hall–Kier alpha value is -3.29. The Balaban J connectivity index is 0.00000176. The summed E-state index contributed by atoms with van der Waals surface area (Å²) in [5, 5.41) is 2.64.